The molecule has 2 fully saturated rings. The fourth-order valence-corrected chi connectivity index (χ4v) is 5.38. The van der Waals surface area contributed by atoms with Crippen molar-refractivity contribution in [3.63, 3.8) is 0 Å². The lowest BCUT2D eigenvalue weighted by Crippen LogP contribution is -2.66. The van der Waals surface area contributed by atoms with Crippen molar-refractivity contribution in [2.75, 3.05) is 34.5 Å². The monoisotopic (exact) mass is 966 g/mol. The predicted octanol–water partition coefficient (Wildman–Crippen LogP) is 0.850. The summed E-state index contributed by atoms with van der Waals surface area (Å²) < 4.78 is 37.9. The highest BCUT2D eigenvalue weighted by Gasteiger charge is 2.49. The molecule has 2 aliphatic heterocycles. The molecule has 2 aromatic carbocycles. The lowest BCUT2D eigenvalue weighted by Gasteiger charge is -2.42. The van der Waals surface area contributed by atoms with Crippen LogP contribution in [-0.2, 0) is 38.4 Å². The summed E-state index contributed by atoms with van der Waals surface area (Å²) in [4.78, 5) is 43.2. The molecule has 0 saturated carbocycles. The van der Waals surface area contributed by atoms with Gasteiger partial charge in [0.05, 0.1) is 27.4 Å². The van der Waals surface area contributed by atoms with Gasteiger partial charge in [0.2, 0.25) is 24.4 Å². The predicted molar refractivity (Wildman–Crippen MR) is 226 cm³/mol. The van der Waals surface area contributed by atoms with E-state index in [2.05, 4.69) is 46.3 Å². The van der Waals surface area contributed by atoms with E-state index in [-0.39, 0.29) is 23.7 Å². The van der Waals surface area contributed by atoms with E-state index in [1.165, 1.54) is 28.1 Å². The zero-order chi connectivity index (χ0) is 44.6. The molecule has 2 saturated heterocycles. The Morgan fingerprint density at radius 2 is 1.25 bits per heavy atom. The van der Waals surface area contributed by atoms with Crippen LogP contribution < -0.4 is 29.6 Å². The maximum atomic E-state index is 11.8. The smallest absolute Gasteiger partial charge is 0.265 e. The lowest BCUT2D eigenvalue weighted by atomic mass is 9.97. The third-order valence-electron chi connectivity index (χ3n) is 7.92. The van der Waals surface area contributed by atoms with Gasteiger partial charge in [-0.25, -0.2) is 0 Å². The van der Waals surface area contributed by atoms with Crippen LogP contribution in [0.5, 0.6) is 23.0 Å². The number of aliphatic hydroxyl groups excluding tert-OH is 4. The topological polar surface area (TPSA) is 239 Å². The molecule has 18 nitrogen and oxygen atoms in total. The van der Waals surface area contributed by atoms with E-state index in [0.29, 0.717) is 23.0 Å². The number of rotatable bonds is 13. The number of carbonyl (C=O) groups excluding carboxylic acids is 3. The maximum absolute atomic E-state index is 11.8. The van der Waals surface area contributed by atoms with Crippen molar-refractivity contribution in [2.24, 2.45) is 0 Å². The number of ether oxygens (including phenoxy) is 7. The van der Waals surface area contributed by atoms with Gasteiger partial charge in [0.1, 0.15) is 65.6 Å². The first-order valence-corrected chi connectivity index (χ1v) is 18.8. The van der Waals surface area contributed by atoms with Gasteiger partial charge in [0, 0.05) is 49.5 Å². The minimum Gasteiger partial charge on any atom is -0.497 e. The fraction of sp³-hybridized carbons (Fsp3) is 0.452. The number of methoxy groups -OCH3 is 3. The number of benzene rings is 2. The van der Waals surface area contributed by atoms with Gasteiger partial charge in [0.25, 0.3) is 3.79 Å². The van der Waals surface area contributed by atoms with Crippen LogP contribution in [0.3, 0.4) is 0 Å². The molecule has 2 heterocycles. The van der Waals surface area contributed by atoms with Crippen LogP contribution in [0.2, 0.25) is 0 Å². The molecule has 2 aliphatic rings. The van der Waals surface area contributed by atoms with Crippen LogP contribution in [0, 0.1) is 48.1 Å². The van der Waals surface area contributed by atoms with E-state index in [9.17, 15) is 34.8 Å². The number of terminal acetylenes is 1. The molecule has 0 spiro atoms. The van der Waals surface area contributed by atoms with E-state index in [4.69, 9.17) is 49.4 Å². The van der Waals surface area contributed by atoms with E-state index in [1.807, 2.05) is 5.92 Å². The van der Waals surface area contributed by atoms with Gasteiger partial charge < -0.3 is 64.2 Å². The van der Waals surface area contributed by atoms with Crippen LogP contribution in [-0.4, -0.2) is 132 Å². The zero-order valence-corrected chi connectivity index (χ0v) is 35.6. The van der Waals surface area contributed by atoms with Gasteiger partial charge in [-0.2, -0.15) is 4.89 Å². The van der Waals surface area contributed by atoms with Crippen molar-refractivity contribution < 1.29 is 77.7 Å². The molecule has 2 amide bonds. The minimum absolute atomic E-state index is 0. The van der Waals surface area contributed by atoms with Gasteiger partial charge >= 0.3 is 0 Å². The summed E-state index contributed by atoms with van der Waals surface area (Å²) >= 11 is 1.56. The van der Waals surface area contributed by atoms with Gasteiger partial charge in [-0.05, 0) is 79.1 Å². The number of carbonyl (C=O) groups is 3. The van der Waals surface area contributed by atoms with Crippen molar-refractivity contribution >= 4 is 38.2 Å². The molecular formula is C42H51IN2O16. The summed E-state index contributed by atoms with van der Waals surface area (Å²) in [5.74, 6) is 15.2. The first-order chi connectivity index (χ1) is 28.7. The highest BCUT2D eigenvalue weighted by molar-refractivity contribution is 14.1. The first kappa shape index (κ1) is 53.7. The van der Waals surface area contributed by atoms with E-state index >= 15 is 0 Å². The van der Waals surface area contributed by atoms with Crippen LogP contribution in [0.4, 0.5) is 0 Å². The number of nitrogens with one attached hydrogen (secondary N) is 2. The highest BCUT2D eigenvalue weighted by Crippen LogP contribution is 2.28. The van der Waals surface area contributed by atoms with Crippen molar-refractivity contribution in [3.05, 3.63) is 48.5 Å². The molecule has 6 N–H and O–H groups in total. The van der Waals surface area contributed by atoms with E-state index in [1.54, 1.807) is 85.2 Å². The Balaban J connectivity index is 0.000000532. The number of hydrogen-bond donors (Lipinski definition) is 6. The molecule has 19 heteroatoms. The molecule has 0 aromatic heterocycles. The van der Waals surface area contributed by atoms with Gasteiger partial charge in [-0.3, -0.25) is 19.3 Å². The normalized spacial score (nSPS) is 24.4. The molecular weight excluding hydrogens is 915 g/mol. The molecule has 4 unspecified atom stereocenters. The summed E-state index contributed by atoms with van der Waals surface area (Å²) in [5, 5.41) is 45.2. The molecule has 0 bridgehead atoms. The second kappa shape index (κ2) is 29.0. The number of amides is 2. The summed E-state index contributed by atoms with van der Waals surface area (Å²) in [6.45, 7) is 3.80. The largest absolute Gasteiger partial charge is 0.497 e. The fourth-order valence-electron chi connectivity index (χ4n) is 5.24. The molecule has 332 valence electrons. The average molecular weight is 967 g/mol. The van der Waals surface area contributed by atoms with Crippen LogP contribution in [0.15, 0.2) is 48.5 Å². The Morgan fingerprint density at radius 1 is 0.754 bits per heavy atom. The van der Waals surface area contributed by atoms with Crippen LogP contribution in [0.25, 0.3) is 0 Å². The number of halogens is 1. The Kier molecular flexibility index (Phi) is 25.6. The van der Waals surface area contributed by atoms with Crippen molar-refractivity contribution in [1.29, 1.82) is 0 Å². The van der Waals surface area contributed by atoms with Crippen LogP contribution in [0.1, 0.15) is 28.2 Å². The van der Waals surface area contributed by atoms with Crippen LogP contribution >= 0.6 is 22.6 Å². The number of hydrogen-bond acceptors (Lipinski definition) is 16. The minimum atomic E-state index is -1.34. The molecule has 0 aliphatic carbocycles. The van der Waals surface area contributed by atoms with Crippen molar-refractivity contribution in [2.45, 2.75) is 89.5 Å². The summed E-state index contributed by atoms with van der Waals surface area (Å²) in [6, 6.07) is 11.6. The van der Waals surface area contributed by atoms with Crippen molar-refractivity contribution in [1.82, 2.24) is 10.6 Å². The number of aliphatic hydroxyl groups is 4. The lowest BCUT2D eigenvalue weighted by molar-refractivity contribution is -0.344. The van der Waals surface area contributed by atoms with Gasteiger partial charge in [-0.15, -0.1) is 6.42 Å². The highest BCUT2D eigenvalue weighted by atomic mass is 127. The average Bonchev–Trinajstić information content (AvgIpc) is 3.23. The quantitative estimate of drug-likeness (QED) is 0.0537. The Morgan fingerprint density at radius 3 is 1.67 bits per heavy atom. The van der Waals surface area contributed by atoms with Gasteiger partial charge in [0.15, 0.2) is 12.2 Å². The molecule has 4 rings (SSSR count). The van der Waals surface area contributed by atoms with Crippen molar-refractivity contribution in [3.8, 4) is 71.1 Å². The standard InChI is InChI=1S/C21H25NO8.C15H21NO7.C5HIO.CH4/c1-5-6-7-12-27-30-20-18(22-14(2)23)21(29-17(13-25-3)19(20)24)28-16-10-8-15(26-4)9-11-16;1-8(18)16-12-14(20)13(19)11(7-17)23-15(12)22-10-5-3-9(21-2)4-6-10;1-2-3-4-5(6)7;/h8-11,17-21,24H,13H2,1-4H3,(H,22,23);3-6,11-15,17,19-20H,7H2,1-2H3,(H,16,18);1H;1H4/t17?,18?,19-,20+,21-;11?,12?,13-,14+,15-;;/m00../s1. The molecule has 2 aromatic rings. The third-order valence-corrected chi connectivity index (χ3v) is 8.19. The maximum Gasteiger partial charge on any atom is 0.265 e. The third kappa shape index (κ3) is 18.5. The molecule has 61 heavy (non-hydrogen) atoms. The summed E-state index contributed by atoms with van der Waals surface area (Å²) in [6.07, 6.45) is -1.88. The second-order valence-corrected chi connectivity index (χ2v) is 13.1. The Labute approximate surface area is 368 Å². The Bertz CT molecular complexity index is 1890. The first-order valence-electron chi connectivity index (χ1n) is 17.7. The summed E-state index contributed by atoms with van der Waals surface area (Å²) in [5.41, 5.74) is 0. The van der Waals surface area contributed by atoms with E-state index in [0.717, 1.165) is 0 Å². The Hall–Kier alpha value is -5.30. The van der Waals surface area contributed by atoms with E-state index < -0.39 is 73.8 Å². The molecule has 10 atom stereocenters. The zero-order valence-electron chi connectivity index (χ0n) is 33.4. The summed E-state index contributed by atoms with van der Waals surface area (Å²) in [7, 11) is 4.56. The second-order valence-electron chi connectivity index (χ2n) is 12.1. The SMILES string of the molecule is C.C#CC#CC(=O)I.CC#CC#COO[C@@H]1C(NC(C)=O)[C@@H](Oc2ccc(OC)cc2)OC(COC)[C@@H]1O.COc1ccc(O[C@H]2OC(CO)[C@H](O)[C@H](O)C2NC(C)=O)cc1. The van der Waals surface area contributed by atoms with Gasteiger partial charge in [-0.1, -0.05) is 13.3 Å². The molecule has 0 radical (unpaired) electrons.